The second-order valence-corrected chi connectivity index (χ2v) is 4.33. The maximum Gasteiger partial charge on any atom is 0.347 e. The molecule has 0 aromatic carbocycles. The molecule has 1 amide bonds. The molecule has 1 aliphatic heterocycles. The van der Waals surface area contributed by atoms with Crippen LogP contribution in [0.1, 0.15) is 6.42 Å². The van der Waals surface area contributed by atoms with Crippen molar-refractivity contribution >= 4 is 5.91 Å². The lowest BCUT2D eigenvalue weighted by atomic mass is 10.0. The Labute approximate surface area is 103 Å². The van der Waals surface area contributed by atoms with E-state index < -0.39 is 11.3 Å². The Hall–Kier alpha value is -1.73. The number of aromatic nitrogens is 2. The third-order valence-electron chi connectivity index (χ3n) is 2.79. The van der Waals surface area contributed by atoms with Crippen molar-refractivity contribution in [3.8, 4) is 0 Å². The molecule has 1 aromatic rings. The van der Waals surface area contributed by atoms with Crippen LogP contribution in [0.5, 0.6) is 0 Å². The van der Waals surface area contributed by atoms with Gasteiger partial charge in [-0.25, -0.2) is 9.78 Å². The summed E-state index contributed by atoms with van der Waals surface area (Å²) in [7, 11) is 0. The van der Waals surface area contributed by atoms with Gasteiger partial charge < -0.3 is 15.2 Å². The lowest BCUT2D eigenvalue weighted by molar-refractivity contribution is -0.123. The Balaban J connectivity index is 1.86. The van der Waals surface area contributed by atoms with E-state index in [-0.39, 0.29) is 25.6 Å². The van der Waals surface area contributed by atoms with Gasteiger partial charge in [0.15, 0.2) is 0 Å². The Morgan fingerprint density at radius 3 is 3.17 bits per heavy atom. The molecule has 1 aromatic heterocycles. The SMILES string of the molecule is O=C(Cn1cccnc1=O)NCC1(O)CCOC1. The second kappa shape index (κ2) is 5.28. The highest BCUT2D eigenvalue weighted by atomic mass is 16.5. The average molecular weight is 253 g/mol. The lowest BCUT2D eigenvalue weighted by Crippen LogP contribution is -2.44. The zero-order valence-electron chi connectivity index (χ0n) is 9.83. The fourth-order valence-corrected chi connectivity index (χ4v) is 1.72. The summed E-state index contributed by atoms with van der Waals surface area (Å²) in [6.07, 6.45) is 3.36. The van der Waals surface area contributed by atoms with Crippen LogP contribution in [0.2, 0.25) is 0 Å². The van der Waals surface area contributed by atoms with E-state index in [9.17, 15) is 14.7 Å². The molecule has 0 bridgehead atoms. The van der Waals surface area contributed by atoms with Gasteiger partial charge in [-0.15, -0.1) is 0 Å². The number of nitrogens with one attached hydrogen (secondary N) is 1. The summed E-state index contributed by atoms with van der Waals surface area (Å²) in [5.41, 5.74) is -1.47. The molecule has 2 heterocycles. The standard InChI is InChI=1S/C11H15N3O4/c15-9(6-14-4-1-3-12-10(14)16)13-7-11(17)2-5-18-8-11/h1,3-4,17H,2,5-8H2,(H,13,15). The Morgan fingerprint density at radius 2 is 2.50 bits per heavy atom. The van der Waals surface area contributed by atoms with Gasteiger partial charge in [0.05, 0.1) is 6.61 Å². The van der Waals surface area contributed by atoms with Crippen molar-refractivity contribution in [3.63, 3.8) is 0 Å². The van der Waals surface area contributed by atoms with E-state index in [1.54, 1.807) is 6.07 Å². The molecule has 2 N–H and O–H groups in total. The Bertz CT molecular complexity index is 479. The first-order valence-corrected chi connectivity index (χ1v) is 5.67. The molecule has 2 rings (SSSR count). The zero-order chi connectivity index (χ0) is 13.0. The van der Waals surface area contributed by atoms with Crippen LogP contribution in [-0.2, 0) is 16.1 Å². The second-order valence-electron chi connectivity index (χ2n) is 4.33. The molecule has 1 atom stereocenters. The fraction of sp³-hybridized carbons (Fsp3) is 0.545. The van der Waals surface area contributed by atoms with Crippen molar-refractivity contribution in [3.05, 3.63) is 28.9 Å². The van der Waals surface area contributed by atoms with Gasteiger partial charge in [-0.2, -0.15) is 0 Å². The minimum Gasteiger partial charge on any atom is -0.386 e. The average Bonchev–Trinajstić information content (AvgIpc) is 2.77. The maximum atomic E-state index is 11.6. The molecule has 1 aliphatic rings. The first-order valence-electron chi connectivity index (χ1n) is 5.67. The van der Waals surface area contributed by atoms with Crippen LogP contribution in [0.25, 0.3) is 0 Å². The monoisotopic (exact) mass is 253 g/mol. The highest BCUT2D eigenvalue weighted by Gasteiger charge is 2.32. The molecule has 0 aliphatic carbocycles. The highest BCUT2D eigenvalue weighted by molar-refractivity contribution is 5.75. The summed E-state index contributed by atoms with van der Waals surface area (Å²) in [6, 6.07) is 1.58. The quantitative estimate of drug-likeness (QED) is 0.682. The molecule has 0 radical (unpaired) electrons. The smallest absolute Gasteiger partial charge is 0.347 e. The van der Waals surface area contributed by atoms with Crippen LogP contribution >= 0.6 is 0 Å². The maximum absolute atomic E-state index is 11.6. The third kappa shape index (κ3) is 3.14. The largest absolute Gasteiger partial charge is 0.386 e. The Kier molecular flexibility index (Phi) is 3.73. The third-order valence-corrected chi connectivity index (χ3v) is 2.79. The number of amides is 1. The summed E-state index contributed by atoms with van der Waals surface area (Å²) in [5.74, 6) is -0.342. The normalized spacial score (nSPS) is 22.9. The fourth-order valence-electron chi connectivity index (χ4n) is 1.72. The van der Waals surface area contributed by atoms with E-state index in [0.29, 0.717) is 13.0 Å². The van der Waals surface area contributed by atoms with E-state index in [1.807, 2.05) is 0 Å². The minimum atomic E-state index is -0.991. The van der Waals surface area contributed by atoms with Crippen LogP contribution in [0, 0.1) is 0 Å². The van der Waals surface area contributed by atoms with Crippen molar-refractivity contribution in [1.29, 1.82) is 0 Å². The summed E-state index contributed by atoms with van der Waals surface area (Å²) in [4.78, 5) is 26.4. The topological polar surface area (TPSA) is 93.5 Å². The summed E-state index contributed by atoms with van der Waals surface area (Å²) >= 11 is 0. The van der Waals surface area contributed by atoms with Gasteiger partial charge in [0, 0.05) is 32.0 Å². The number of hydrogen-bond acceptors (Lipinski definition) is 5. The number of ether oxygens (including phenoxy) is 1. The van der Waals surface area contributed by atoms with Crippen molar-refractivity contribution in [2.75, 3.05) is 19.8 Å². The predicted molar refractivity (Wildman–Crippen MR) is 61.9 cm³/mol. The summed E-state index contributed by atoms with van der Waals surface area (Å²) < 4.78 is 6.26. The van der Waals surface area contributed by atoms with Crippen LogP contribution in [0.4, 0.5) is 0 Å². The van der Waals surface area contributed by atoms with Crippen LogP contribution in [0.15, 0.2) is 23.3 Å². The molecule has 98 valence electrons. The number of hydrogen-bond donors (Lipinski definition) is 2. The molecule has 0 saturated carbocycles. The van der Waals surface area contributed by atoms with Gasteiger partial charge in [-0.1, -0.05) is 0 Å². The van der Waals surface area contributed by atoms with Gasteiger partial charge in [0.25, 0.3) is 0 Å². The molecule has 1 unspecified atom stereocenters. The van der Waals surface area contributed by atoms with E-state index in [0.717, 1.165) is 0 Å². The number of aliphatic hydroxyl groups is 1. The molecule has 7 nitrogen and oxygen atoms in total. The van der Waals surface area contributed by atoms with Crippen LogP contribution in [0.3, 0.4) is 0 Å². The van der Waals surface area contributed by atoms with Crippen molar-refractivity contribution in [2.24, 2.45) is 0 Å². The van der Waals surface area contributed by atoms with Gasteiger partial charge in [-0.3, -0.25) is 9.36 Å². The van der Waals surface area contributed by atoms with Crippen molar-refractivity contribution < 1.29 is 14.6 Å². The minimum absolute atomic E-state index is 0.108. The number of carbonyl (C=O) groups excluding carboxylic acids is 1. The van der Waals surface area contributed by atoms with Gasteiger partial charge in [0.2, 0.25) is 5.91 Å². The summed E-state index contributed by atoms with van der Waals surface area (Å²) in [5, 5.41) is 12.5. The molecule has 1 saturated heterocycles. The Morgan fingerprint density at radius 1 is 1.67 bits per heavy atom. The molecule has 0 spiro atoms. The van der Waals surface area contributed by atoms with E-state index in [1.165, 1.54) is 17.0 Å². The van der Waals surface area contributed by atoms with Crippen molar-refractivity contribution in [2.45, 2.75) is 18.6 Å². The van der Waals surface area contributed by atoms with E-state index in [4.69, 9.17) is 4.74 Å². The van der Waals surface area contributed by atoms with E-state index >= 15 is 0 Å². The van der Waals surface area contributed by atoms with Crippen molar-refractivity contribution in [1.82, 2.24) is 14.9 Å². The molecular formula is C11H15N3O4. The molecule has 1 fully saturated rings. The first-order chi connectivity index (χ1) is 8.59. The van der Waals surface area contributed by atoms with Gasteiger partial charge in [0.1, 0.15) is 12.1 Å². The van der Waals surface area contributed by atoms with E-state index in [2.05, 4.69) is 10.3 Å². The zero-order valence-corrected chi connectivity index (χ0v) is 9.83. The summed E-state index contributed by atoms with van der Waals surface area (Å²) in [6.45, 7) is 0.735. The van der Waals surface area contributed by atoms with Gasteiger partial charge >= 0.3 is 5.69 Å². The number of nitrogens with zero attached hydrogens (tertiary/aromatic N) is 2. The van der Waals surface area contributed by atoms with Gasteiger partial charge in [-0.05, 0) is 6.07 Å². The van der Waals surface area contributed by atoms with Crippen LogP contribution < -0.4 is 11.0 Å². The first kappa shape index (κ1) is 12.7. The predicted octanol–water partition coefficient (Wildman–Crippen LogP) is -1.49. The van der Waals surface area contributed by atoms with Crippen LogP contribution in [-0.4, -0.2) is 45.9 Å². The molecular weight excluding hydrogens is 238 g/mol. The number of carbonyl (C=O) groups is 1. The lowest BCUT2D eigenvalue weighted by Gasteiger charge is -2.20. The molecule has 18 heavy (non-hydrogen) atoms. The molecule has 7 heteroatoms. The number of rotatable bonds is 4. The highest BCUT2D eigenvalue weighted by Crippen LogP contribution is 2.16.